The minimum absolute atomic E-state index is 0.136. The Morgan fingerprint density at radius 2 is 1.86 bits per heavy atom. The number of carbonyl (C=O) groups is 1. The first kappa shape index (κ1) is 16.0. The van der Waals surface area contributed by atoms with Crippen molar-refractivity contribution in [2.45, 2.75) is 51.0 Å². The van der Waals surface area contributed by atoms with E-state index in [1.807, 2.05) is 19.1 Å². The van der Waals surface area contributed by atoms with Crippen LogP contribution >= 0.6 is 0 Å². The second kappa shape index (κ2) is 5.77. The Labute approximate surface area is 125 Å². The van der Waals surface area contributed by atoms with E-state index in [2.05, 4.69) is 0 Å². The molecule has 1 atom stereocenters. The molecule has 1 saturated heterocycles. The fraction of sp³-hybridized carbons (Fsp3) is 0.533. The highest BCUT2D eigenvalue weighted by molar-refractivity contribution is 7.89. The number of sulfonamides is 1. The number of hydrogen-bond donors (Lipinski definition) is 1. The van der Waals surface area contributed by atoms with Crippen LogP contribution in [0.2, 0.25) is 0 Å². The van der Waals surface area contributed by atoms with Gasteiger partial charge in [-0.3, -0.25) is 4.79 Å². The maximum atomic E-state index is 12.9. The molecule has 0 saturated carbocycles. The lowest BCUT2D eigenvalue weighted by molar-refractivity contribution is -0.137. The van der Waals surface area contributed by atoms with E-state index in [1.165, 1.54) is 4.31 Å². The largest absolute Gasteiger partial charge is 0.481 e. The van der Waals surface area contributed by atoms with Crippen molar-refractivity contribution in [2.75, 3.05) is 6.54 Å². The Bertz CT molecular complexity index is 643. The first-order valence-corrected chi connectivity index (χ1v) is 8.49. The van der Waals surface area contributed by atoms with Crippen LogP contribution in [0, 0.1) is 20.8 Å². The van der Waals surface area contributed by atoms with Crippen molar-refractivity contribution in [1.29, 1.82) is 0 Å². The Hall–Kier alpha value is -1.40. The fourth-order valence-corrected chi connectivity index (χ4v) is 5.33. The molecule has 1 aliphatic rings. The highest BCUT2D eigenvalue weighted by atomic mass is 32.2. The van der Waals surface area contributed by atoms with Gasteiger partial charge in [-0.2, -0.15) is 4.31 Å². The number of carboxylic acid groups (broad SMARTS) is 1. The smallest absolute Gasteiger partial charge is 0.304 e. The zero-order chi connectivity index (χ0) is 15.8. The van der Waals surface area contributed by atoms with Crippen LogP contribution < -0.4 is 0 Å². The van der Waals surface area contributed by atoms with Gasteiger partial charge in [0, 0.05) is 12.6 Å². The zero-order valence-electron chi connectivity index (χ0n) is 12.6. The summed E-state index contributed by atoms with van der Waals surface area (Å²) < 4.78 is 27.2. The van der Waals surface area contributed by atoms with Crippen LogP contribution in [-0.4, -0.2) is 36.4 Å². The SMILES string of the molecule is Cc1cc(C)c(S(=O)(=O)N2CCCC2CC(=O)O)c(C)c1. The fourth-order valence-electron chi connectivity index (χ4n) is 3.22. The molecule has 5 nitrogen and oxygen atoms in total. The predicted octanol–water partition coefficient (Wildman–Crippen LogP) is 2.24. The summed E-state index contributed by atoms with van der Waals surface area (Å²) in [4.78, 5) is 11.2. The molecule has 1 unspecified atom stereocenters. The molecule has 2 rings (SSSR count). The summed E-state index contributed by atoms with van der Waals surface area (Å²) >= 11 is 0. The summed E-state index contributed by atoms with van der Waals surface area (Å²) in [6.07, 6.45) is 1.18. The molecule has 0 aliphatic carbocycles. The molecular formula is C15H21NO4S. The summed E-state index contributed by atoms with van der Waals surface area (Å²) in [5, 5.41) is 8.95. The molecule has 1 heterocycles. The van der Waals surface area contributed by atoms with E-state index in [0.717, 1.165) is 5.56 Å². The molecule has 1 aliphatic heterocycles. The molecule has 0 radical (unpaired) electrons. The normalized spacial score (nSPS) is 19.9. The van der Waals surface area contributed by atoms with E-state index in [-0.39, 0.29) is 6.42 Å². The predicted molar refractivity (Wildman–Crippen MR) is 79.8 cm³/mol. The van der Waals surface area contributed by atoms with E-state index in [0.29, 0.717) is 35.4 Å². The quantitative estimate of drug-likeness (QED) is 0.925. The van der Waals surface area contributed by atoms with Gasteiger partial charge in [0.1, 0.15) is 0 Å². The van der Waals surface area contributed by atoms with Crippen molar-refractivity contribution in [2.24, 2.45) is 0 Å². The third kappa shape index (κ3) is 3.11. The Balaban J connectivity index is 2.45. The molecule has 0 amide bonds. The number of benzene rings is 1. The van der Waals surface area contributed by atoms with Crippen LogP contribution in [0.4, 0.5) is 0 Å². The second-order valence-corrected chi connectivity index (χ2v) is 7.56. The lowest BCUT2D eigenvalue weighted by atomic mass is 10.1. The van der Waals surface area contributed by atoms with Crippen molar-refractivity contribution in [3.8, 4) is 0 Å². The van der Waals surface area contributed by atoms with E-state index in [4.69, 9.17) is 5.11 Å². The Morgan fingerprint density at radius 3 is 2.38 bits per heavy atom. The Morgan fingerprint density at radius 1 is 1.29 bits per heavy atom. The van der Waals surface area contributed by atoms with Crippen LogP contribution in [0.5, 0.6) is 0 Å². The Kier molecular flexibility index (Phi) is 4.39. The van der Waals surface area contributed by atoms with Crippen LogP contribution in [0.15, 0.2) is 17.0 Å². The van der Waals surface area contributed by atoms with Crippen LogP contribution in [0.1, 0.15) is 36.0 Å². The summed E-state index contributed by atoms with van der Waals surface area (Å²) in [6.45, 7) is 5.90. The van der Waals surface area contributed by atoms with E-state index >= 15 is 0 Å². The summed E-state index contributed by atoms with van der Waals surface area (Å²) in [5.74, 6) is -0.959. The maximum absolute atomic E-state index is 12.9. The van der Waals surface area contributed by atoms with Gasteiger partial charge in [0.15, 0.2) is 0 Å². The van der Waals surface area contributed by atoms with Crippen molar-refractivity contribution < 1.29 is 18.3 Å². The minimum Gasteiger partial charge on any atom is -0.481 e. The van der Waals surface area contributed by atoms with Gasteiger partial charge in [-0.15, -0.1) is 0 Å². The summed E-state index contributed by atoms with van der Waals surface area (Å²) in [7, 11) is -3.64. The first-order chi connectivity index (χ1) is 9.73. The van der Waals surface area contributed by atoms with Crippen molar-refractivity contribution >= 4 is 16.0 Å². The lowest BCUT2D eigenvalue weighted by Gasteiger charge is -2.25. The molecule has 1 aromatic rings. The van der Waals surface area contributed by atoms with E-state index < -0.39 is 22.0 Å². The molecule has 0 spiro atoms. The van der Waals surface area contributed by atoms with Gasteiger partial charge in [0.2, 0.25) is 10.0 Å². The minimum atomic E-state index is -3.64. The highest BCUT2D eigenvalue weighted by Gasteiger charge is 2.37. The van der Waals surface area contributed by atoms with Crippen molar-refractivity contribution in [3.05, 3.63) is 28.8 Å². The monoisotopic (exact) mass is 311 g/mol. The molecule has 21 heavy (non-hydrogen) atoms. The third-order valence-electron chi connectivity index (χ3n) is 3.90. The molecular weight excluding hydrogens is 290 g/mol. The number of rotatable bonds is 4. The molecule has 0 bridgehead atoms. The molecule has 116 valence electrons. The molecule has 1 N–H and O–H groups in total. The van der Waals surface area contributed by atoms with Gasteiger partial charge in [-0.1, -0.05) is 17.7 Å². The van der Waals surface area contributed by atoms with Gasteiger partial charge < -0.3 is 5.11 Å². The van der Waals surface area contributed by atoms with Crippen LogP contribution in [0.25, 0.3) is 0 Å². The number of carboxylic acids is 1. The average molecular weight is 311 g/mol. The van der Waals surface area contributed by atoms with Gasteiger partial charge in [0.05, 0.1) is 11.3 Å². The van der Waals surface area contributed by atoms with Crippen molar-refractivity contribution in [1.82, 2.24) is 4.31 Å². The van der Waals surface area contributed by atoms with Crippen molar-refractivity contribution in [3.63, 3.8) is 0 Å². The molecule has 1 aromatic carbocycles. The molecule has 1 fully saturated rings. The third-order valence-corrected chi connectivity index (χ3v) is 6.16. The standard InChI is InChI=1S/C15H21NO4S/c1-10-7-11(2)15(12(3)8-10)21(19,20)16-6-4-5-13(16)9-14(17)18/h7-8,13H,4-6,9H2,1-3H3,(H,17,18). The van der Waals surface area contributed by atoms with Gasteiger partial charge in [0.25, 0.3) is 0 Å². The van der Waals surface area contributed by atoms with Crippen LogP contribution in [-0.2, 0) is 14.8 Å². The topological polar surface area (TPSA) is 74.7 Å². The first-order valence-electron chi connectivity index (χ1n) is 7.05. The zero-order valence-corrected chi connectivity index (χ0v) is 13.4. The number of nitrogens with zero attached hydrogens (tertiary/aromatic N) is 1. The van der Waals surface area contributed by atoms with Crippen LogP contribution in [0.3, 0.4) is 0 Å². The number of aryl methyl sites for hydroxylation is 3. The summed E-state index contributed by atoms with van der Waals surface area (Å²) in [5.41, 5.74) is 2.45. The van der Waals surface area contributed by atoms with Gasteiger partial charge in [-0.25, -0.2) is 8.42 Å². The molecule has 0 aromatic heterocycles. The number of hydrogen-bond acceptors (Lipinski definition) is 3. The maximum Gasteiger partial charge on any atom is 0.304 e. The summed E-state index contributed by atoms with van der Waals surface area (Å²) in [6, 6.07) is 3.26. The van der Waals surface area contributed by atoms with Gasteiger partial charge in [-0.05, 0) is 44.7 Å². The van der Waals surface area contributed by atoms with E-state index in [1.54, 1.807) is 13.8 Å². The highest BCUT2D eigenvalue weighted by Crippen LogP contribution is 2.31. The lowest BCUT2D eigenvalue weighted by Crippen LogP contribution is -2.37. The van der Waals surface area contributed by atoms with E-state index in [9.17, 15) is 13.2 Å². The second-order valence-electron chi connectivity index (χ2n) is 5.74. The molecule has 6 heteroatoms. The van der Waals surface area contributed by atoms with Gasteiger partial charge >= 0.3 is 5.97 Å². The average Bonchev–Trinajstić information content (AvgIpc) is 2.74. The number of aliphatic carboxylic acids is 1.